The van der Waals surface area contributed by atoms with E-state index >= 15 is 0 Å². The third-order valence-electron chi connectivity index (χ3n) is 2.92. The molecule has 0 fully saturated rings. The van der Waals surface area contributed by atoms with E-state index in [4.69, 9.17) is 4.42 Å². The van der Waals surface area contributed by atoms with Crippen LogP contribution in [0.15, 0.2) is 59.0 Å². The summed E-state index contributed by atoms with van der Waals surface area (Å²) in [4.78, 5) is 4.51. The van der Waals surface area contributed by atoms with Crippen LogP contribution in [0, 0.1) is 10.6 Å². The minimum atomic E-state index is 0.670. The summed E-state index contributed by atoms with van der Waals surface area (Å²) >= 11 is 2.21. The Kier molecular flexibility index (Phi) is 3.38. The van der Waals surface area contributed by atoms with E-state index in [1.807, 2.05) is 42.5 Å². The molecule has 0 N–H and O–H groups in total. The predicted octanol–water partition coefficient (Wildman–Crippen LogP) is 4.92. The smallest absolute Gasteiger partial charge is 0.227 e. The molecule has 0 saturated carbocycles. The molecule has 1 heterocycles. The molecule has 0 bridgehead atoms. The van der Waals surface area contributed by atoms with Crippen LogP contribution >= 0.6 is 22.6 Å². The fraction of sp³-hybridized carbons (Fsp3) is 0.0625. The lowest BCUT2D eigenvalue weighted by Crippen LogP contribution is -1.78. The molecule has 3 rings (SSSR count). The molecule has 0 atom stereocenters. The Balaban J connectivity index is 2.04. The second kappa shape index (κ2) is 5.17. The largest absolute Gasteiger partial charge is 0.435 e. The highest BCUT2D eigenvalue weighted by Crippen LogP contribution is 2.30. The fourth-order valence-corrected chi connectivity index (χ4v) is 2.53. The van der Waals surface area contributed by atoms with Gasteiger partial charge in [0.25, 0.3) is 0 Å². The van der Waals surface area contributed by atoms with Crippen LogP contribution in [0.25, 0.3) is 22.8 Å². The Morgan fingerprint density at radius 1 is 0.895 bits per heavy atom. The molecule has 2 nitrogen and oxygen atoms in total. The monoisotopic (exact) mass is 361 g/mol. The number of rotatable bonds is 2. The van der Waals surface area contributed by atoms with Crippen LogP contribution in [0.5, 0.6) is 0 Å². The fourth-order valence-electron chi connectivity index (χ4n) is 1.89. The lowest BCUT2D eigenvalue weighted by molar-refractivity contribution is 0.588. The van der Waals surface area contributed by atoms with E-state index in [-0.39, 0.29) is 0 Å². The van der Waals surface area contributed by atoms with Gasteiger partial charge in [0.15, 0.2) is 5.76 Å². The highest BCUT2D eigenvalue weighted by molar-refractivity contribution is 14.1. The number of nitrogens with zero attached hydrogens (tertiary/aromatic N) is 1. The Bertz CT molecular complexity index is 687. The maximum atomic E-state index is 5.91. The van der Waals surface area contributed by atoms with E-state index in [0.29, 0.717) is 5.89 Å². The number of aryl methyl sites for hydroxylation is 1. The van der Waals surface area contributed by atoms with Gasteiger partial charge in [0.2, 0.25) is 5.89 Å². The highest BCUT2D eigenvalue weighted by atomic mass is 127. The van der Waals surface area contributed by atoms with Crippen molar-refractivity contribution in [2.75, 3.05) is 0 Å². The normalized spacial score (nSPS) is 10.6. The van der Waals surface area contributed by atoms with Crippen LogP contribution < -0.4 is 0 Å². The van der Waals surface area contributed by atoms with Crippen molar-refractivity contribution in [3.63, 3.8) is 0 Å². The number of hydrogen-bond donors (Lipinski definition) is 0. The van der Waals surface area contributed by atoms with Crippen molar-refractivity contribution < 1.29 is 4.42 Å². The predicted molar refractivity (Wildman–Crippen MR) is 84.8 cm³/mol. The second-order valence-corrected chi connectivity index (χ2v) is 5.39. The van der Waals surface area contributed by atoms with Crippen molar-refractivity contribution in [1.29, 1.82) is 0 Å². The maximum Gasteiger partial charge on any atom is 0.227 e. The second-order valence-electron chi connectivity index (χ2n) is 4.37. The SMILES string of the molecule is Cc1ccc(-c2nc(I)c(-c3ccccc3)o2)cc1. The van der Waals surface area contributed by atoms with Gasteiger partial charge in [-0.05, 0) is 41.6 Å². The molecular formula is C16H12INO. The molecule has 3 heteroatoms. The first-order valence-corrected chi connectivity index (χ1v) is 7.11. The first-order chi connectivity index (χ1) is 9.24. The van der Waals surface area contributed by atoms with Gasteiger partial charge in [-0.15, -0.1) is 0 Å². The molecule has 1 aromatic heterocycles. The third-order valence-corrected chi connectivity index (χ3v) is 3.65. The van der Waals surface area contributed by atoms with Gasteiger partial charge < -0.3 is 4.42 Å². The number of aromatic nitrogens is 1. The molecule has 2 aromatic carbocycles. The van der Waals surface area contributed by atoms with Crippen molar-refractivity contribution in [1.82, 2.24) is 4.98 Å². The van der Waals surface area contributed by atoms with E-state index in [2.05, 4.69) is 46.6 Å². The number of oxazole rings is 1. The van der Waals surface area contributed by atoms with Crippen LogP contribution in [0.4, 0.5) is 0 Å². The lowest BCUT2D eigenvalue weighted by Gasteiger charge is -1.97. The number of halogens is 1. The van der Waals surface area contributed by atoms with Crippen LogP contribution in [0.3, 0.4) is 0 Å². The molecule has 0 unspecified atom stereocenters. The van der Waals surface area contributed by atoms with Gasteiger partial charge in [-0.3, -0.25) is 0 Å². The van der Waals surface area contributed by atoms with Gasteiger partial charge >= 0.3 is 0 Å². The molecule has 0 amide bonds. The average Bonchev–Trinajstić information content (AvgIpc) is 2.83. The minimum Gasteiger partial charge on any atom is -0.435 e. The lowest BCUT2D eigenvalue weighted by atomic mass is 10.1. The molecule has 0 radical (unpaired) electrons. The summed E-state index contributed by atoms with van der Waals surface area (Å²) in [5.74, 6) is 1.50. The van der Waals surface area contributed by atoms with Crippen molar-refractivity contribution in [3.8, 4) is 22.8 Å². The summed E-state index contributed by atoms with van der Waals surface area (Å²) in [7, 11) is 0. The Morgan fingerprint density at radius 3 is 2.26 bits per heavy atom. The minimum absolute atomic E-state index is 0.670. The van der Waals surface area contributed by atoms with Crippen LogP contribution in [-0.2, 0) is 0 Å². The molecule has 3 aromatic rings. The van der Waals surface area contributed by atoms with Gasteiger partial charge in [0, 0.05) is 11.1 Å². The van der Waals surface area contributed by atoms with Crippen molar-refractivity contribution in [2.45, 2.75) is 6.92 Å². The number of benzene rings is 2. The quantitative estimate of drug-likeness (QED) is 0.606. The Labute approximate surface area is 125 Å². The maximum absolute atomic E-state index is 5.91. The standard InChI is InChI=1S/C16H12INO/c1-11-7-9-13(10-8-11)16-18-15(17)14(19-16)12-5-3-2-4-6-12/h2-10H,1H3. The van der Waals surface area contributed by atoms with E-state index < -0.39 is 0 Å². The summed E-state index contributed by atoms with van der Waals surface area (Å²) in [5, 5.41) is 0. The third kappa shape index (κ3) is 2.56. The van der Waals surface area contributed by atoms with E-state index in [1.165, 1.54) is 5.56 Å². The summed E-state index contributed by atoms with van der Waals surface area (Å²) in [6.45, 7) is 2.07. The van der Waals surface area contributed by atoms with E-state index in [1.54, 1.807) is 0 Å². The Morgan fingerprint density at radius 2 is 1.58 bits per heavy atom. The van der Waals surface area contributed by atoms with Crippen LogP contribution in [-0.4, -0.2) is 4.98 Å². The molecule has 94 valence electrons. The Hall–Kier alpha value is -1.62. The number of hydrogen-bond acceptors (Lipinski definition) is 2. The zero-order valence-corrected chi connectivity index (χ0v) is 12.6. The van der Waals surface area contributed by atoms with Crippen molar-refractivity contribution in [2.24, 2.45) is 0 Å². The van der Waals surface area contributed by atoms with Gasteiger partial charge in [0.1, 0.15) is 3.70 Å². The van der Waals surface area contributed by atoms with Crippen molar-refractivity contribution >= 4 is 22.6 Å². The first kappa shape index (κ1) is 12.4. The molecule has 0 aliphatic carbocycles. The van der Waals surface area contributed by atoms with E-state index in [9.17, 15) is 0 Å². The van der Waals surface area contributed by atoms with Gasteiger partial charge in [-0.2, -0.15) is 0 Å². The van der Waals surface area contributed by atoms with E-state index in [0.717, 1.165) is 20.6 Å². The molecule has 0 saturated heterocycles. The molecule has 0 spiro atoms. The van der Waals surface area contributed by atoms with Gasteiger partial charge in [-0.1, -0.05) is 48.0 Å². The van der Waals surface area contributed by atoms with Crippen LogP contribution in [0.2, 0.25) is 0 Å². The summed E-state index contributed by atoms with van der Waals surface area (Å²) in [6, 6.07) is 18.2. The van der Waals surface area contributed by atoms with Gasteiger partial charge in [0.05, 0.1) is 0 Å². The van der Waals surface area contributed by atoms with Gasteiger partial charge in [-0.25, -0.2) is 4.98 Å². The summed E-state index contributed by atoms with van der Waals surface area (Å²) in [5.41, 5.74) is 3.29. The highest BCUT2D eigenvalue weighted by Gasteiger charge is 2.13. The molecule has 19 heavy (non-hydrogen) atoms. The molecular weight excluding hydrogens is 349 g/mol. The summed E-state index contributed by atoms with van der Waals surface area (Å²) < 4.78 is 6.80. The average molecular weight is 361 g/mol. The zero-order chi connectivity index (χ0) is 13.2. The summed E-state index contributed by atoms with van der Waals surface area (Å²) in [6.07, 6.45) is 0. The molecule has 0 aliphatic rings. The first-order valence-electron chi connectivity index (χ1n) is 6.03. The van der Waals surface area contributed by atoms with Crippen molar-refractivity contribution in [3.05, 3.63) is 63.9 Å². The zero-order valence-electron chi connectivity index (χ0n) is 10.4. The topological polar surface area (TPSA) is 26.0 Å². The molecule has 0 aliphatic heterocycles. The van der Waals surface area contributed by atoms with Crippen LogP contribution in [0.1, 0.15) is 5.56 Å².